The minimum Gasteiger partial charge on any atom is -0.496 e. The molecule has 0 atom stereocenters. The van der Waals surface area contributed by atoms with Gasteiger partial charge in [-0.3, -0.25) is 14.4 Å². The predicted octanol–water partition coefficient (Wildman–Crippen LogP) is 2.81. The summed E-state index contributed by atoms with van der Waals surface area (Å²) in [4.78, 5) is 14.8. The largest absolute Gasteiger partial charge is 0.496 e. The average Bonchev–Trinajstić information content (AvgIpc) is 3.26. The maximum Gasteiger partial charge on any atom is 0.239 e. The minimum absolute atomic E-state index is 0.0273. The van der Waals surface area contributed by atoms with Crippen LogP contribution in [0.25, 0.3) is 0 Å². The zero-order valence-electron chi connectivity index (χ0n) is 14.9. The van der Waals surface area contributed by atoms with Crippen LogP contribution in [0, 0.1) is 0 Å². The first-order valence-corrected chi connectivity index (χ1v) is 8.81. The number of ether oxygens (including phenoxy) is 1. The number of aromatic nitrogens is 2. The van der Waals surface area contributed by atoms with Crippen LogP contribution in [0.2, 0.25) is 0 Å². The maximum atomic E-state index is 12.5. The minimum atomic E-state index is -0.0273. The molecule has 1 aliphatic carbocycles. The summed E-state index contributed by atoms with van der Waals surface area (Å²) < 4.78 is 7.15. The van der Waals surface area contributed by atoms with Crippen molar-refractivity contribution in [1.29, 1.82) is 0 Å². The summed E-state index contributed by atoms with van der Waals surface area (Å²) in [6.07, 6.45) is 6.57. The van der Waals surface area contributed by atoms with E-state index in [1.54, 1.807) is 17.9 Å². The van der Waals surface area contributed by atoms with E-state index in [2.05, 4.69) is 21.4 Å². The van der Waals surface area contributed by atoms with Gasteiger partial charge in [0.25, 0.3) is 0 Å². The van der Waals surface area contributed by atoms with E-state index in [9.17, 15) is 4.79 Å². The van der Waals surface area contributed by atoms with Crippen molar-refractivity contribution < 1.29 is 9.53 Å². The molecule has 1 amide bonds. The maximum absolute atomic E-state index is 12.5. The number of amides is 1. The van der Waals surface area contributed by atoms with E-state index < -0.39 is 0 Å². The number of nitrogens with one attached hydrogen (secondary N) is 1. The molecule has 1 aromatic carbocycles. The van der Waals surface area contributed by atoms with Crippen LogP contribution in [0.15, 0.2) is 36.5 Å². The number of benzene rings is 1. The van der Waals surface area contributed by atoms with Crippen LogP contribution in [-0.4, -0.2) is 40.3 Å². The highest BCUT2D eigenvalue weighted by Gasteiger charge is 2.25. The molecule has 1 N–H and O–H groups in total. The Morgan fingerprint density at radius 3 is 2.76 bits per heavy atom. The zero-order valence-corrected chi connectivity index (χ0v) is 14.9. The summed E-state index contributed by atoms with van der Waals surface area (Å²) >= 11 is 0. The first-order chi connectivity index (χ1) is 12.2. The van der Waals surface area contributed by atoms with Gasteiger partial charge in [0.15, 0.2) is 5.82 Å². The highest BCUT2D eigenvalue weighted by atomic mass is 16.5. The normalized spacial score (nSPS) is 14.8. The van der Waals surface area contributed by atoms with Crippen LogP contribution in [0.5, 0.6) is 5.75 Å². The van der Waals surface area contributed by atoms with E-state index in [0.29, 0.717) is 24.9 Å². The smallest absolute Gasteiger partial charge is 0.239 e. The Hall–Kier alpha value is -2.34. The Labute approximate surface area is 148 Å². The van der Waals surface area contributed by atoms with Gasteiger partial charge in [0.05, 0.1) is 13.7 Å². The molecule has 0 bridgehead atoms. The molecule has 1 fully saturated rings. The van der Waals surface area contributed by atoms with Crippen LogP contribution >= 0.6 is 0 Å². The molecule has 3 rings (SSSR count). The lowest BCUT2D eigenvalue weighted by Crippen LogP contribution is -2.39. The van der Waals surface area contributed by atoms with Crippen molar-refractivity contribution in [3.05, 3.63) is 42.1 Å². The van der Waals surface area contributed by atoms with E-state index in [-0.39, 0.29) is 5.91 Å². The Balaban J connectivity index is 1.69. The molecular weight excluding hydrogens is 316 g/mol. The lowest BCUT2D eigenvalue weighted by molar-refractivity contribution is -0.118. The number of carbonyl (C=O) groups is 1. The molecule has 0 spiro atoms. The third-order valence-corrected chi connectivity index (χ3v) is 4.73. The van der Waals surface area contributed by atoms with E-state index in [1.165, 1.54) is 12.8 Å². The molecule has 6 nitrogen and oxygen atoms in total. The topological polar surface area (TPSA) is 59.4 Å². The summed E-state index contributed by atoms with van der Waals surface area (Å²) in [5.74, 6) is 1.44. The van der Waals surface area contributed by atoms with Gasteiger partial charge in [0.1, 0.15) is 5.75 Å². The van der Waals surface area contributed by atoms with Gasteiger partial charge in [-0.2, -0.15) is 5.10 Å². The number of rotatable bonds is 7. The molecular formula is C19H26N4O2. The average molecular weight is 342 g/mol. The molecule has 1 saturated carbocycles. The van der Waals surface area contributed by atoms with Crippen LogP contribution in [0.3, 0.4) is 0 Å². The highest BCUT2D eigenvalue weighted by molar-refractivity contribution is 5.91. The third kappa shape index (κ3) is 4.60. The molecule has 0 saturated heterocycles. The molecule has 1 heterocycles. The molecule has 25 heavy (non-hydrogen) atoms. The van der Waals surface area contributed by atoms with Gasteiger partial charge < -0.3 is 10.1 Å². The van der Waals surface area contributed by atoms with Gasteiger partial charge >= 0.3 is 0 Å². The molecule has 0 unspecified atom stereocenters. The number of carbonyl (C=O) groups excluding carboxylic acids is 1. The van der Waals surface area contributed by atoms with Crippen LogP contribution < -0.4 is 10.1 Å². The van der Waals surface area contributed by atoms with Crippen molar-refractivity contribution in [1.82, 2.24) is 14.7 Å². The number of aryl methyl sites for hydroxylation is 1. The molecule has 1 aliphatic rings. The fourth-order valence-corrected chi connectivity index (χ4v) is 3.48. The Morgan fingerprint density at radius 1 is 1.32 bits per heavy atom. The fraction of sp³-hybridized carbons (Fsp3) is 0.474. The van der Waals surface area contributed by atoms with Gasteiger partial charge in [-0.05, 0) is 18.9 Å². The summed E-state index contributed by atoms with van der Waals surface area (Å²) in [6, 6.07) is 10.3. The fourth-order valence-electron chi connectivity index (χ4n) is 3.48. The second-order valence-corrected chi connectivity index (χ2v) is 6.58. The molecule has 134 valence electrons. The monoisotopic (exact) mass is 342 g/mol. The Kier molecular flexibility index (Phi) is 5.71. The zero-order chi connectivity index (χ0) is 17.6. The first kappa shape index (κ1) is 17.5. The third-order valence-electron chi connectivity index (χ3n) is 4.73. The predicted molar refractivity (Wildman–Crippen MR) is 97.5 cm³/mol. The standard InChI is InChI=1S/C19H26N4O2/c1-22-12-11-18(21-22)20-19(24)14-23(16-8-4-5-9-16)13-15-7-3-6-10-17(15)25-2/h3,6-7,10-12,16H,4-5,8-9,13-14H2,1-2H3,(H,20,21,24). The van der Waals surface area contributed by atoms with E-state index in [1.807, 2.05) is 31.4 Å². The Bertz CT molecular complexity index is 707. The summed E-state index contributed by atoms with van der Waals surface area (Å²) in [5.41, 5.74) is 1.11. The number of nitrogens with zero attached hydrogens (tertiary/aromatic N) is 3. The summed E-state index contributed by atoms with van der Waals surface area (Å²) in [5, 5.41) is 7.10. The second-order valence-electron chi connectivity index (χ2n) is 6.58. The number of hydrogen-bond donors (Lipinski definition) is 1. The lowest BCUT2D eigenvalue weighted by Gasteiger charge is -2.28. The van der Waals surface area contributed by atoms with Crippen molar-refractivity contribution >= 4 is 11.7 Å². The first-order valence-electron chi connectivity index (χ1n) is 8.81. The molecule has 6 heteroatoms. The van der Waals surface area contributed by atoms with E-state index in [4.69, 9.17) is 4.74 Å². The van der Waals surface area contributed by atoms with Gasteiger partial charge in [-0.15, -0.1) is 0 Å². The van der Waals surface area contributed by atoms with Gasteiger partial charge in [0.2, 0.25) is 5.91 Å². The number of para-hydroxylation sites is 1. The lowest BCUT2D eigenvalue weighted by atomic mass is 10.1. The Morgan fingerprint density at radius 2 is 2.08 bits per heavy atom. The molecule has 2 aromatic rings. The van der Waals surface area contributed by atoms with Gasteiger partial charge in [-0.1, -0.05) is 31.0 Å². The van der Waals surface area contributed by atoms with Crippen LogP contribution in [0.4, 0.5) is 5.82 Å². The van der Waals surface area contributed by atoms with Crippen molar-refractivity contribution in [2.75, 3.05) is 19.0 Å². The van der Waals surface area contributed by atoms with E-state index in [0.717, 1.165) is 24.2 Å². The summed E-state index contributed by atoms with van der Waals surface area (Å²) in [6.45, 7) is 1.07. The quantitative estimate of drug-likeness (QED) is 0.840. The van der Waals surface area contributed by atoms with Crippen molar-refractivity contribution in [3.63, 3.8) is 0 Å². The molecule has 0 radical (unpaired) electrons. The van der Waals surface area contributed by atoms with Crippen LogP contribution in [-0.2, 0) is 18.4 Å². The summed E-state index contributed by atoms with van der Waals surface area (Å²) in [7, 11) is 3.52. The number of anilines is 1. The second kappa shape index (κ2) is 8.16. The highest BCUT2D eigenvalue weighted by Crippen LogP contribution is 2.27. The van der Waals surface area contributed by atoms with E-state index >= 15 is 0 Å². The number of methoxy groups -OCH3 is 1. The SMILES string of the molecule is COc1ccccc1CN(CC(=O)Nc1ccn(C)n1)C1CCCC1. The molecule has 1 aromatic heterocycles. The number of hydrogen-bond acceptors (Lipinski definition) is 4. The van der Waals surface area contributed by atoms with Crippen molar-refractivity contribution in [3.8, 4) is 5.75 Å². The van der Waals surface area contributed by atoms with Crippen molar-refractivity contribution in [2.45, 2.75) is 38.3 Å². The van der Waals surface area contributed by atoms with Gasteiger partial charge in [0, 0.05) is 37.5 Å². The molecule has 0 aliphatic heterocycles. The van der Waals surface area contributed by atoms with Gasteiger partial charge in [-0.25, -0.2) is 0 Å². The van der Waals surface area contributed by atoms with Crippen LogP contribution in [0.1, 0.15) is 31.2 Å². The van der Waals surface area contributed by atoms with Crippen molar-refractivity contribution in [2.24, 2.45) is 7.05 Å².